The molecule has 0 aliphatic rings. The largest absolute Gasteiger partial charge is 0.385 e. The van der Waals surface area contributed by atoms with Gasteiger partial charge in [0.1, 0.15) is 18.2 Å². The van der Waals surface area contributed by atoms with Gasteiger partial charge in [-0.1, -0.05) is 6.07 Å². The predicted molar refractivity (Wildman–Crippen MR) is 58.0 cm³/mol. The van der Waals surface area contributed by atoms with Crippen molar-refractivity contribution in [2.24, 2.45) is 0 Å². The minimum Gasteiger partial charge on any atom is -0.385 e. The molecule has 0 saturated heterocycles. The van der Waals surface area contributed by atoms with E-state index in [1.807, 2.05) is 0 Å². The lowest BCUT2D eigenvalue weighted by Gasteiger charge is -2.05. The number of carbonyl (C=O) groups excluding carboxylic acids is 1. The van der Waals surface area contributed by atoms with Gasteiger partial charge in [-0.3, -0.25) is 4.79 Å². The Morgan fingerprint density at radius 1 is 1.24 bits per heavy atom. The number of Topliss-reactive ketones (excluding diaryl/α,β-unsaturated/α-hetero) is 1. The van der Waals surface area contributed by atoms with Gasteiger partial charge in [-0.05, 0) is 18.6 Å². The van der Waals surface area contributed by atoms with E-state index in [-0.39, 0.29) is 6.61 Å². The first kappa shape index (κ1) is 13.7. The molecule has 1 aromatic rings. The Bertz CT molecular complexity index is 360. The van der Waals surface area contributed by atoms with E-state index in [9.17, 15) is 13.6 Å². The Labute approximate surface area is 98.3 Å². The fraction of sp³-hybridized carbons (Fsp3) is 0.417. The van der Waals surface area contributed by atoms with Crippen LogP contribution in [0.1, 0.15) is 16.8 Å². The smallest absolute Gasteiger partial charge is 0.194 e. The van der Waals surface area contributed by atoms with Gasteiger partial charge in [0.2, 0.25) is 0 Å². The molecule has 0 fully saturated rings. The van der Waals surface area contributed by atoms with Gasteiger partial charge in [0, 0.05) is 20.3 Å². The third-order valence-corrected chi connectivity index (χ3v) is 2.11. The van der Waals surface area contributed by atoms with Crippen LogP contribution in [0.2, 0.25) is 0 Å². The molecular weight excluding hydrogens is 230 g/mol. The first-order valence-corrected chi connectivity index (χ1v) is 5.20. The molecule has 0 amide bonds. The van der Waals surface area contributed by atoms with Crippen molar-refractivity contribution >= 4 is 5.78 Å². The molecule has 1 aromatic carbocycles. The van der Waals surface area contributed by atoms with E-state index < -0.39 is 23.0 Å². The highest BCUT2D eigenvalue weighted by Crippen LogP contribution is 2.12. The fourth-order valence-corrected chi connectivity index (χ4v) is 1.31. The number of ketones is 1. The highest BCUT2D eigenvalue weighted by Gasteiger charge is 2.16. The van der Waals surface area contributed by atoms with Gasteiger partial charge in [-0.15, -0.1) is 0 Å². The molecule has 0 spiro atoms. The number of carbonyl (C=O) groups is 1. The highest BCUT2D eigenvalue weighted by atomic mass is 19.1. The van der Waals surface area contributed by atoms with Crippen molar-refractivity contribution in [2.75, 3.05) is 26.9 Å². The lowest BCUT2D eigenvalue weighted by Crippen LogP contribution is -2.14. The van der Waals surface area contributed by atoms with Gasteiger partial charge < -0.3 is 9.47 Å². The Hall–Kier alpha value is -1.33. The van der Waals surface area contributed by atoms with Crippen molar-refractivity contribution in [2.45, 2.75) is 6.42 Å². The van der Waals surface area contributed by atoms with Crippen LogP contribution in [0.15, 0.2) is 18.2 Å². The standard InChI is InChI=1S/C12H14F2O3/c1-16-6-3-7-17-8-11(15)12-9(13)4-2-5-10(12)14/h2,4-5H,3,6-8H2,1H3. The van der Waals surface area contributed by atoms with E-state index in [0.717, 1.165) is 12.1 Å². The van der Waals surface area contributed by atoms with E-state index in [1.54, 1.807) is 7.11 Å². The second kappa shape index (κ2) is 7.09. The van der Waals surface area contributed by atoms with Crippen molar-refractivity contribution in [1.29, 1.82) is 0 Å². The molecule has 0 bridgehead atoms. The summed E-state index contributed by atoms with van der Waals surface area (Å²) in [6.07, 6.45) is 0.629. The van der Waals surface area contributed by atoms with Gasteiger partial charge in [0.15, 0.2) is 5.78 Å². The van der Waals surface area contributed by atoms with Gasteiger partial charge >= 0.3 is 0 Å². The molecular formula is C12H14F2O3. The molecule has 3 nitrogen and oxygen atoms in total. The maximum absolute atomic E-state index is 13.2. The van der Waals surface area contributed by atoms with Gasteiger partial charge in [-0.2, -0.15) is 0 Å². The highest BCUT2D eigenvalue weighted by molar-refractivity contribution is 5.97. The van der Waals surface area contributed by atoms with E-state index in [1.165, 1.54) is 6.07 Å². The molecule has 0 aliphatic carbocycles. The number of benzene rings is 1. The molecule has 17 heavy (non-hydrogen) atoms. The minimum absolute atomic E-state index is 0.315. The van der Waals surface area contributed by atoms with Crippen LogP contribution >= 0.6 is 0 Å². The van der Waals surface area contributed by atoms with Crippen LogP contribution in [0, 0.1) is 11.6 Å². The number of hydrogen-bond acceptors (Lipinski definition) is 3. The summed E-state index contributed by atoms with van der Waals surface area (Å²) < 4.78 is 36.2. The second-order valence-electron chi connectivity index (χ2n) is 3.42. The molecule has 0 saturated carbocycles. The van der Waals surface area contributed by atoms with Crippen LogP contribution in [0.5, 0.6) is 0 Å². The van der Waals surface area contributed by atoms with E-state index >= 15 is 0 Å². The summed E-state index contributed by atoms with van der Waals surface area (Å²) >= 11 is 0. The number of ether oxygens (including phenoxy) is 2. The monoisotopic (exact) mass is 244 g/mol. The molecule has 0 aromatic heterocycles. The van der Waals surface area contributed by atoms with E-state index in [4.69, 9.17) is 9.47 Å². The normalized spacial score (nSPS) is 10.5. The van der Waals surface area contributed by atoms with Crippen molar-refractivity contribution in [3.8, 4) is 0 Å². The van der Waals surface area contributed by atoms with Crippen LogP contribution in [-0.2, 0) is 9.47 Å². The summed E-state index contributed by atoms with van der Waals surface area (Å²) in [4.78, 5) is 11.5. The van der Waals surface area contributed by atoms with Gasteiger partial charge in [0.05, 0.1) is 5.56 Å². The maximum atomic E-state index is 13.2. The van der Waals surface area contributed by atoms with Crippen LogP contribution in [-0.4, -0.2) is 32.7 Å². The number of hydrogen-bond donors (Lipinski definition) is 0. The van der Waals surface area contributed by atoms with E-state index in [0.29, 0.717) is 19.6 Å². The Morgan fingerprint density at radius 2 is 1.88 bits per heavy atom. The van der Waals surface area contributed by atoms with Crippen molar-refractivity contribution in [3.63, 3.8) is 0 Å². The van der Waals surface area contributed by atoms with Crippen LogP contribution in [0.3, 0.4) is 0 Å². The molecule has 1 rings (SSSR count). The third kappa shape index (κ3) is 4.20. The number of halogens is 2. The zero-order valence-electron chi connectivity index (χ0n) is 9.54. The summed E-state index contributed by atoms with van der Waals surface area (Å²) in [6, 6.07) is 3.30. The Balaban J connectivity index is 2.47. The van der Waals surface area contributed by atoms with Crippen molar-refractivity contribution < 1.29 is 23.0 Å². The Kier molecular flexibility index (Phi) is 5.72. The van der Waals surface area contributed by atoms with Gasteiger partial charge in [0.25, 0.3) is 0 Å². The Morgan fingerprint density at radius 3 is 2.47 bits per heavy atom. The molecule has 0 aliphatic heterocycles. The summed E-state index contributed by atoms with van der Waals surface area (Å²) in [7, 11) is 1.56. The zero-order chi connectivity index (χ0) is 12.7. The third-order valence-electron chi connectivity index (χ3n) is 2.11. The average Bonchev–Trinajstić information content (AvgIpc) is 2.28. The summed E-state index contributed by atoms with van der Waals surface area (Å²) in [6.45, 7) is 0.499. The molecule has 0 atom stereocenters. The topological polar surface area (TPSA) is 35.5 Å². The lowest BCUT2D eigenvalue weighted by atomic mass is 10.1. The average molecular weight is 244 g/mol. The number of rotatable bonds is 7. The maximum Gasteiger partial charge on any atom is 0.194 e. The zero-order valence-corrected chi connectivity index (χ0v) is 9.54. The quantitative estimate of drug-likeness (QED) is 0.545. The summed E-state index contributed by atoms with van der Waals surface area (Å²) in [5, 5.41) is 0. The first-order chi connectivity index (χ1) is 8.16. The fourth-order valence-electron chi connectivity index (χ4n) is 1.31. The van der Waals surface area contributed by atoms with E-state index in [2.05, 4.69) is 0 Å². The summed E-state index contributed by atoms with van der Waals surface area (Å²) in [5.41, 5.74) is -0.542. The van der Waals surface area contributed by atoms with Crippen LogP contribution in [0.25, 0.3) is 0 Å². The van der Waals surface area contributed by atoms with Gasteiger partial charge in [-0.25, -0.2) is 8.78 Å². The number of methoxy groups -OCH3 is 1. The molecule has 0 N–H and O–H groups in total. The van der Waals surface area contributed by atoms with Crippen LogP contribution in [0.4, 0.5) is 8.78 Å². The second-order valence-corrected chi connectivity index (χ2v) is 3.42. The first-order valence-electron chi connectivity index (χ1n) is 5.20. The SMILES string of the molecule is COCCCOCC(=O)c1c(F)cccc1F. The molecule has 5 heteroatoms. The minimum atomic E-state index is -0.865. The molecule has 0 radical (unpaired) electrons. The molecule has 94 valence electrons. The molecule has 0 heterocycles. The van der Waals surface area contributed by atoms with Crippen molar-refractivity contribution in [3.05, 3.63) is 35.4 Å². The summed E-state index contributed by atoms with van der Waals surface area (Å²) in [5.74, 6) is -2.43. The predicted octanol–water partition coefficient (Wildman–Crippen LogP) is 2.20. The van der Waals surface area contributed by atoms with Crippen LogP contribution < -0.4 is 0 Å². The lowest BCUT2D eigenvalue weighted by molar-refractivity contribution is 0.0697. The van der Waals surface area contributed by atoms with Crippen molar-refractivity contribution in [1.82, 2.24) is 0 Å². The molecule has 0 unspecified atom stereocenters.